The average molecular weight is 328 g/mol. The molecule has 0 spiro atoms. The van der Waals surface area contributed by atoms with Crippen LogP contribution < -0.4 is 0 Å². The summed E-state index contributed by atoms with van der Waals surface area (Å²) in [5.74, 6) is 0.564. The first-order valence-corrected chi connectivity index (χ1v) is 8.04. The third-order valence-corrected chi connectivity index (χ3v) is 3.95. The molecule has 1 aromatic carbocycles. The highest BCUT2D eigenvalue weighted by Gasteiger charge is 2.23. The van der Waals surface area contributed by atoms with Crippen LogP contribution >= 0.6 is 0 Å². The van der Waals surface area contributed by atoms with Crippen LogP contribution in [-0.2, 0) is 9.53 Å². The smallest absolute Gasteiger partial charge is 0.409 e. The van der Waals surface area contributed by atoms with Gasteiger partial charge in [-0.1, -0.05) is 18.2 Å². The number of hydrogen-bond acceptors (Lipinski definition) is 4. The summed E-state index contributed by atoms with van der Waals surface area (Å²) in [7, 11) is 0. The van der Waals surface area contributed by atoms with E-state index < -0.39 is 0 Å². The van der Waals surface area contributed by atoms with Gasteiger partial charge in [0.15, 0.2) is 0 Å². The minimum Gasteiger partial charge on any atom is -0.457 e. The molecule has 0 N–H and O–H groups in total. The van der Waals surface area contributed by atoms with Crippen LogP contribution in [0, 0.1) is 0 Å². The Morgan fingerprint density at radius 2 is 1.88 bits per heavy atom. The molecule has 1 aliphatic rings. The molecule has 0 aliphatic carbocycles. The van der Waals surface area contributed by atoms with E-state index in [9.17, 15) is 9.59 Å². The second kappa shape index (κ2) is 7.21. The number of benzene rings is 1. The number of fused-ring (bicyclic) bond motifs is 1. The summed E-state index contributed by atoms with van der Waals surface area (Å²) < 4.78 is 10.6. The van der Waals surface area contributed by atoms with E-state index in [2.05, 4.69) is 0 Å². The number of carbonyl (C=O) groups is 2. The molecule has 6 nitrogen and oxygen atoms in total. The second-order valence-corrected chi connectivity index (χ2v) is 5.53. The molecule has 2 amide bonds. The van der Waals surface area contributed by atoms with Crippen LogP contribution in [-0.4, -0.2) is 54.6 Å². The van der Waals surface area contributed by atoms with Gasteiger partial charge in [-0.15, -0.1) is 0 Å². The highest BCUT2D eigenvalue weighted by atomic mass is 16.6. The molecule has 1 saturated heterocycles. The van der Waals surface area contributed by atoms with Crippen molar-refractivity contribution < 1.29 is 18.7 Å². The van der Waals surface area contributed by atoms with Gasteiger partial charge in [0.2, 0.25) is 5.91 Å². The molecule has 0 saturated carbocycles. The standard InChI is InChI=1S/C18H20N2O4/c1-2-23-18(22)20-11-9-19(10-12-20)17(21)8-7-15-13-14-5-3-4-6-16(14)24-15/h3-8,13H,2,9-12H2,1H3/b8-7+. The third kappa shape index (κ3) is 3.59. The van der Waals surface area contributed by atoms with E-state index in [1.807, 2.05) is 30.3 Å². The van der Waals surface area contributed by atoms with Gasteiger partial charge >= 0.3 is 6.09 Å². The van der Waals surface area contributed by atoms with Gasteiger partial charge in [0.25, 0.3) is 0 Å². The van der Waals surface area contributed by atoms with Crippen LogP contribution in [0.4, 0.5) is 4.79 Å². The maximum absolute atomic E-state index is 12.3. The number of furan rings is 1. The summed E-state index contributed by atoms with van der Waals surface area (Å²) in [6, 6.07) is 9.61. The van der Waals surface area contributed by atoms with Crippen LogP contribution in [0.15, 0.2) is 40.8 Å². The van der Waals surface area contributed by atoms with E-state index in [0.717, 1.165) is 11.0 Å². The van der Waals surface area contributed by atoms with E-state index in [0.29, 0.717) is 38.5 Å². The van der Waals surface area contributed by atoms with Crippen molar-refractivity contribution in [3.8, 4) is 0 Å². The number of piperazine rings is 1. The molecule has 0 radical (unpaired) electrons. The first-order valence-electron chi connectivity index (χ1n) is 8.04. The van der Waals surface area contributed by atoms with E-state index in [-0.39, 0.29) is 12.0 Å². The van der Waals surface area contributed by atoms with Crippen molar-refractivity contribution in [1.82, 2.24) is 9.80 Å². The molecule has 6 heteroatoms. The van der Waals surface area contributed by atoms with Gasteiger partial charge in [0.05, 0.1) is 6.61 Å². The molecule has 3 rings (SSSR count). The Labute approximate surface area is 140 Å². The van der Waals surface area contributed by atoms with Crippen molar-refractivity contribution in [3.05, 3.63) is 42.2 Å². The number of rotatable bonds is 3. The van der Waals surface area contributed by atoms with E-state index in [1.54, 1.807) is 22.8 Å². The molecule has 0 atom stereocenters. The summed E-state index contributed by atoms with van der Waals surface area (Å²) in [5.41, 5.74) is 0.799. The first-order chi connectivity index (χ1) is 11.7. The highest BCUT2D eigenvalue weighted by Crippen LogP contribution is 2.19. The molecule has 0 unspecified atom stereocenters. The van der Waals surface area contributed by atoms with E-state index in [4.69, 9.17) is 9.15 Å². The molecular formula is C18H20N2O4. The monoisotopic (exact) mass is 328 g/mol. The van der Waals surface area contributed by atoms with E-state index >= 15 is 0 Å². The van der Waals surface area contributed by atoms with Gasteiger partial charge in [0, 0.05) is 37.6 Å². The predicted molar refractivity (Wildman–Crippen MR) is 90.4 cm³/mol. The van der Waals surface area contributed by atoms with Crippen molar-refractivity contribution in [1.29, 1.82) is 0 Å². The van der Waals surface area contributed by atoms with Gasteiger partial charge in [0.1, 0.15) is 11.3 Å². The fourth-order valence-corrected chi connectivity index (χ4v) is 2.67. The van der Waals surface area contributed by atoms with Crippen molar-refractivity contribution in [2.75, 3.05) is 32.8 Å². The van der Waals surface area contributed by atoms with Gasteiger partial charge < -0.3 is 19.0 Å². The van der Waals surface area contributed by atoms with Gasteiger partial charge in [-0.3, -0.25) is 4.79 Å². The largest absolute Gasteiger partial charge is 0.457 e. The third-order valence-electron chi connectivity index (χ3n) is 3.95. The zero-order valence-electron chi connectivity index (χ0n) is 13.6. The number of hydrogen-bond donors (Lipinski definition) is 0. The maximum Gasteiger partial charge on any atom is 0.409 e. The van der Waals surface area contributed by atoms with E-state index in [1.165, 1.54) is 6.08 Å². The van der Waals surface area contributed by atoms with Crippen molar-refractivity contribution in [2.45, 2.75) is 6.92 Å². The minimum atomic E-state index is -0.317. The normalized spacial score (nSPS) is 15.2. The molecular weight excluding hydrogens is 308 g/mol. The summed E-state index contributed by atoms with van der Waals surface area (Å²) in [6.45, 7) is 4.12. The molecule has 126 valence electrons. The zero-order valence-corrected chi connectivity index (χ0v) is 13.6. The van der Waals surface area contributed by atoms with Gasteiger partial charge in [-0.25, -0.2) is 4.79 Å². The van der Waals surface area contributed by atoms with Crippen LogP contribution in [0.25, 0.3) is 17.0 Å². The Morgan fingerprint density at radius 3 is 2.58 bits per heavy atom. The number of carbonyl (C=O) groups excluding carboxylic acids is 2. The molecule has 24 heavy (non-hydrogen) atoms. The van der Waals surface area contributed by atoms with Crippen molar-refractivity contribution in [2.24, 2.45) is 0 Å². The quantitative estimate of drug-likeness (QED) is 0.813. The summed E-state index contributed by atoms with van der Waals surface area (Å²) in [4.78, 5) is 27.2. The molecule has 1 aromatic heterocycles. The van der Waals surface area contributed by atoms with Gasteiger partial charge in [-0.2, -0.15) is 0 Å². The Kier molecular flexibility index (Phi) is 4.84. The lowest BCUT2D eigenvalue weighted by Crippen LogP contribution is -2.50. The molecule has 2 aromatic rings. The lowest BCUT2D eigenvalue weighted by atomic mass is 10.2. The fourth-order valence-electron chi connectivity index (χ4n) is 2.67. The SMILES string of the molecule is CCOC(=O)N1CCN(C(=O)/C=C/c2cc3ccccc3o2)CC1. The first kappa shape index (κ1) is 16.1. The van der Waals surface area contributed by atoms with Crippen LogP contribution in [0.3, 0.4) is 0 Å². The Bertz CT molecular complexity index is 724. The lowest BCUT2D eigenvalue weighted by Gasteiger charge is -2.33. The van der Waals surface area contributed by atoms with Crippen molar-refractivity contribution in [3.63, 3.8) is 0 Å². The second-order valence-electron chi connectivity index (χ2n) is 5.53. The number of nitrogens with zero attached hydrogens (tertiary/aromatic N) is 2. The summed E-state index contributed by atoms with van der Waals surface area (Å²) in [6.07, 6.45) is 2.88. The fraction of sp³-hybridized carbons (Fsp3) is 0.333. The number of ether oxygens (including phenoxy) is 1. The van der Waals surface area contributed by atoms with Crippen LogP contribution in [0.1, 0.15) is 12.7 Å². The Morgan fingerprint density at radius 1 is 1.17 bits per heavy atom. The predicted octanol–water partition coefficient (Wildman–Crippen LogP) is 2.75. The lowest BCUT2D eigenvalue weighted by molar-refractivity contribution is -0.127. The zero-order chi connectivity index (χ0) is 16.9. The van der Waals surface area contributed by atoms with Crippen molar-refractivity contribution >= 4 is 29.0 Å². The Hall–Kier alpha value is -2.76. The molecule has 1 aliphatic heterocycles. The summed E-state index contributed by atoms with van der Waals surface area (Å²) >= 11 is 0. The molecule has 1 fully saturated rings. The minimum absolute atomic E-state index is 0.0843. The molecule has 2 heterocycles. The summed E-state index contributed by atoms with van der Waals surface area (Å²) in [5, 5.41) is 1.01. The van der Waals surface area contributed by atoms with Gasteiger partial charge in [-0.05, 0) is 25.1 Å². The topological polar surface area (TPSA) is 63.0 Å². The maximum atomic E-state index is 12.3. The highest BCUT2D eigenvalue weighted by molar-refractivity contribution is 5.92. The van der Waals surface area contributed by atoms with Crippen LogP contribution in [0.2, 0.25) is 0 Å². The Balaban J connectivity index is 1.56. The molecule has 0 bridgehead atoms. The number of para-hydroxylation sites is 1. The number of amides is 2. The average Bonchev–Trinajstić information content (AvgIpc) is 3.03. The van der Waals surface area contributed by atoms with Crippen LogP contribution in [0.5, 0.6) is 0 Å².